The van der Waals surface area contributed by atoms with Crippen LogP contribution in [0.3, 0.4) is 0 Å². The van der Waals surface area contributed by atoms with E-state index in [0.29, 0.717) is 5.92 Å². The van der Waals surface area contributed by atoms with Crippen LogP contribution < -0.4 is 4.74 Å². The SMILES string of the molecule is OCC1CCC(Oc2ccc(C(F)(F)F)cn2)CC1. The molecule has 1 aliphatic carbocycles. The molecule has 0 spiro atoms. The van der Waals surface area contributed by atoms with E-state index in [9.17, 15) is 13.2 Å². The van der Waals surface area contributed by atoms with E-state index in [-0.39, 0.29) is 18.6 Å². The minimum absolute atomic E-state index is 0.0213. The van der Waals surface area contributed by atoms with Crippen molar-refractivity contribution in [3.05, 3.63) is 23.9 Å². The maximum atomic E-state index is 12.4. The molecule has 1 fully saturated rings. The molecule has 0 unspecified atom stereocenters. The van der Waals surface area contributed by atoms with Crippen LogP contribution in [0.5, 0.6) is 5.88 Å². The Balaban J connectivity index is 1.90. The Hall–Kier alpha value is -1.30. The molecule has 0 bridgehead atoms. The molecule has 1 aromatic rings. The Morgan fingerprint density at radius 1 is 1.21 bits per heavy atom. The van der Waals surface area contributed by atoms with Crippen molar-refractivity contribution in [2.75, 3.05) is 6.61 Å². The first-order chi connectivity index (χ1) is 8.99. The number of hydrogen-bond donors (Lipinski definition) is 1. The second-order valence-corrected chi connectivity index (χ2v) is 4.83. The topological polar surface area (TPSA) is 42.4 Å². The molecule has 1 heterocycles. The van der Waals surface area contributed by atoms with Crippen molar-refractivity contribution in [3.8, 4) is 5.88 Å². The Morgan fingerprint density at radius 2 is 1.89 bits per heavy atom. The van der Waals surface area contributed by atoms with Gasteiger partial charge in [0.25, 0.3) is 0 Å². The molecule has 3 nitrogen and oxygen atoms in total. The second kappa shape index (κ2) is 5.77. The van der Waals surface area contributed by atoms with E-state index < -0.39 is 11.7 Å². The van der Waals surface area contributed by atoms with Crippen molar-refractivity contribution in [2.45, 2.75) is 38.0 Å². The van der Waals surface area contributed by atoms with Crippen molar-refractivity contribution in [1.29, 1.82) is 0 Å². The summed E-state index contributed by atoms with van der Waals surface area (Å²) < 4.78 is 42.6. The average Bonchev–Trinajstić information content (AvgIpc) is 2.39. The van der Waals surface area contributed by atoms with Gasteiger partial charge in [0.1, 0.15) is 6.10 Å². The predicted molar refractivity (Wildman–Crippen MR) is 62.7 cm³/mol. The maximum absolute atomic E-state index is 12.4. The van der Waals surface area contributed by atoms with Gasteiger partial charge in [-0.15, -0.1) is 0 Å². The van der Waals surface area contributed by atoms with Gasteiger partial charge in [-0.3, -0.25) is 0 Å². The number of rotatable bonds is 3. The lowest BCUT2D eigenvalue weighted by Crippen LogP contribution is -2.25. The van der Waals surface area contributed by atoms with Gasteiger partial charge < -0.3 is 9.84 Å². The van der Waals surface area contributed by atoms with E-state index in [1.54, 1.807) is 0 Å². The van der Waals surface area contributed by atoms with E-state index in [1.165, 1.54) is 6.07 Å². The van der Waals surface area contributed by atoms with Gasteiger partial charge in [0.2, 0.25) is 5.88 Å². The van der Waals surface area contributed by atoms with Crippen molar-refractivity contribution >= 4 is 0 Å². The maximum Gasteiger partial charge on any atom is 0.417 e. The fraction of sp³-hybridized carbons (Fsp3) is 0.615. The molecule has 1 aliphatic rings. The number of aliphatic hydroxyl groups excluding tert-OH is 1. The number of aliphatic hydroxyl groups is 1. The minimum atomic E-state index is -4.37. The van der Waals surface area contributed by atoms with E-state index in [0.717, 1.165) is 37.9 Å². The Bertz CT molecular complexity index is 397. The van der Waals surface area contributed by atoms with Gasteiger partial charge >= 0.3 is 6.18 Å². The van der Waals surface area contributed by atoms with E-state index in [4.69, 9.17) is 9.84 Å². The number of hydrogen-bond acceptors (Lipinski definition) is 3. The van der Waals surface area contributed by atoms with Crippen LogP contribution in [0.15, 0.2) is 18.3 Å². The highest BCUT2D eigenvalue weighted by atomic mass is 19.4. The predicted octanol–water partition coefficient (Wildman–Crippen LogP) is 3.03. The van der Waals surface area contributed by atoms with E-state index in [1.807, 2.05) is 0 Å². The molecular weight excluding hydrogens is 259 g/mol. The number of aromatic nitrogens is 1. The first-order valence-electron chi connectivity index (χ1n) is 6.30. The van der Waals surface area contributed by atoms with Gasteiger partial charge in [-0.25, -0.2) is 4.98 Å². The number of halogens is 3. The van der Waals surface area contributed by atoms with Crippen LogP contribution in [-0.4, -0.2) is 22.8 Å². The standard InChI is InChI=1S/C13H16F3NO2/c14-13(15,16)10-3-6-12(17-7-10)19-11-4-1-9(8-18)2-5-11/h3,6-7,9,11,18H,1-2,4-5,8H2. The smallest absolute Gasteiger partial charge is 0.417 e. The van der Waals surface area contributed by atoms with Crippen LogP contribution in [0.25, 0.3) is 0 Å². The first-order valence-corrected chi connectivity index (χ1v) is 6.30. The van der Waals surface area contributed by atoms with Crippen molar-refractivity contribution in [3.63, 3.8) is 0 Å². The average molecular weight is 275 g/mol. The van der Waals surface area contributed by atoms with Crippen molar-refractivity contribution in [1.82, 2.24) is 4.98 Å². The summed E-state index contributed by atoms with van der Waals surface area (Å²) in [5.74, 6) is 0.542. The Labute approximate surface area is 109 Å². The normalized spacial score (nSPS) is 24.2. The van der Waals surface area contributed by atoms with Gasteiger partial charge in [-0.05, 0) is 37.7 Å². The lowest BCUT2D eigenvalue weighted by atomic mass is 9.88. The number of nitrogens with zero attached hydrogens (tertiary/aromatic N) is 1. The summed E-state index contributed by atoms with van der Waals surface area (Å²) in [4.78, 5) is 3.69. The highest BCUT2D eigenvalue weighted by Gasteiger charge is 2.31. The lowest BCUT2D eigenvalue weighted by molar-refractivity contribution is -0.137. The van der Waals surface area contributed by atoms with Crippen molar-refractivity contribution < 1.29 is 23.0 Å². The second-order valence-electron chi connectivity index (χ2n) is 4.83. The molecule has 0 amide bonds. The summed E-state index contributed by atoms with van der Waals surface area (Å²) >= 11 is 0. The zero-order chi connectivity index (χ0) is 13.9. The third-order valence-electron chi connectivity index (χ3n) is 3.40. The van der Waals surface area contributed by atoms with Crippen LogP contribution in [0.4, 0.5) is 13.2 Å². The summed E-state index contributed by atoms with van der Waals surface area (Å²) in [5, 5.41) is 9.01. The number of ether oxygens (including phenoxy) is 1. The van der Waals surface area contributed by atoms with Crippen LogP contribution in [0.2, 0.25) is 0 Å². The molecule has 0 radical (unpaired) electrons. The quantitative estimate of drug-likeness (QED) is 0.922. The summed E-state index contributed by atoms with van der Waals surface area (Å²) in [5.41, 5.74) is -0.774. The molecule has 0 aromatic carbocycles. The molecule has 1 aromatic heterocycles. The van der Waals surface area contributed by atoms with Gasteiger partial charge in [0.15, 0.2) is 0 Å². The Morgan fingerprint density at radius 3 is 2.37 bits per heavy atom. The fourth-order valence-electron chi connectivity index (χ4n) is 2.22. The fourth-order valence-corrected chi connectivity index (χ4v) is 2.22. The molecule has 0 atom stereocenters. The molecule has 19 heavy (non-hydrogen) atoms. The van der Waals surface area contributed by atoms with Crippen LogP contribution in [0.1, 0.15) is 31.2 Å². The van der Waals surface area contributed by atoms with Gasteiger partial charge in [0, 0.05) is 18.9 Å². The third-order valence-corrected chi connectivity index (χ3v) is 3.40. The molecule has 1 saturated carbocycles. The Kier molecular flexibility index (Phi) is 4.29. The molecule has 6 heteroatoms. The summed E-state index contributed by atoms with van der Waals surface area (Å²) in [6.45, 7) is 0.186. The lowest BCUT2D eigenvalue weighted by Gasteiger charge is -2.27. The van der Waals surface area contributed by atoms with Gasteiger partial charge in [0.05, 0.1) is 5.56 Å². The van der Waals surface area contributed by atoms with Crippen LogP contribution >= 0.6 is 0 Å². The summed E-state index contributed by atoms with van der Waals surface area (Å²) in [6, 6.07) is 2.22. The highest BCUT2D eigenvalue weighted by Crippen LogP contribution is 2.30. The third kappa shape index (κ3) is 3.83. The molecule has 0 aliphatic heterocycles. The summed E-state index contributed by atoms with van der Waals surface area (Å²) in [6.07, 6.45) is -0.253. The molecule has 0 saturated heterocycles. The number of alkyl halides is 3. The zero-order valence-electron chi connectivity index (χ0n) is 10.4. The van der Waals surface area contributed by atoms with E-state index in [2.05, 4.69) is 4.98 Å². The van der Waals surface area contributed by atoms with E-state index >= 15 is 0 Å². The summed E-state index contributed by atoms with van der Waals surface area (Å²) in [7, 11) is 0. The molecule has 1 N–H and O–H groups in total. The van der Waals surface area contributed by atoms with Gasteiger partial charge in [-0.2, -0.15) is 13.2 Å². The van der Waals surface area contributed by atoms with Crippen LogP contribution in [0, 0.1) is 5.92 Å². The first kappa shape index (κ1) is 14.1. The molecule has 2 rings (SSSR count). The number of pyridine rings is 1. The molecule has 106 valence electrons. The monoisotopic (exact) mass is 275 g/mol. The van der Waals surface area contributed by atoms with Crippen molar-refractivity contribution in [2.24, 2.45) is 5.92 Å². The highest BCUT2D eigenvalue weighted by molar-refractivity contribution is 5.20. The van der Waals surface area contributed by atoms with Gasteiger partial charge in [-0.1, -0.05) is 0 Å². The largest absolute Gasteiger partial charge is 0.474 e. The minimum Gasteiger partial charge on any atom is -0.474 e. The zero-order valence-corrected chi connectivity index (χ0v) is 10.4. The molecular formula is C13H16F3NO2. The van der Waals surface area contributed by atoms with Crippen LogP contribution in [-0.2, 0) is 6.18 Å².